The molecule has 2 saturated heterocycles. The van der Waals surface area contributed by atoms with Crippen LogP contribution in [-0.4, -0.2) is 14.7 Å². The van der Waals surface area contributed by atoms with Crippen LogP contribution in [0.2, 0.25) is 0 Å². The second-order valence-corrected chi connectivity index (χ2v) is 6.24. The van der Waals surface area contributed by atoms with Gasteiger partial charge in [-0.05, 0) is 31.6 Å². The Balaban J connectivity index is 2.04. The highest BCUT2D eigenvalue weighted by Crippen LogP contribution is 2.37. The summed E-state index contributed by atoms with van der Waals surface area (Å²) in [5.41, 5.74) is 0. The molecule has 0 aromatic carbocycles. The number of rotatable bonds is 1. The Kier molecular flexibility index (Phi) is 2.74. The molecular weight excluding hydrogens is 180 g/mol. The topological polar surface area (TPSA) is 17.1 Å². The van der Waals surface area contributed by atoms with Gasteiger partial charge in [0.05, 0.1) is 0 Å². The van der Waals surface area contributed by atoms with Crippen molar-refractivity contribution in [3.05, 3.63) is 0 Å². The van der Waals surface area contributed by atoms with E-state index in [1.54, 1.807) is 0 Å². The molecule has 1 nitrogen and oxygen atoms in total. The van der Waals surface area contributed by atoms with Gasteiger partial charge in [-0.2, -0.15) is 0 Å². The van der Waals surface area contributed by atoms with Crippen LogP contribution in [0, 0.1) is 18.3 Å². The molecule has 2 aliphatic rings. The average Bonchev–Trinajstić information content (AvgIpc) is 2.07. The summed E-state index contributed by atoms with van der Waals surface area (Å²) >= 11 is 0. The van der Waals surface area contributed by atoms with Crippen molar-refractivity contribution in [2.45, 2.75) is 49.0 Å². The van der Waals surface area contributed by atoms with Crippen molar-refractivity contribution >= 4 is 10.8 Å². The molecule has 2 atom stereocenters. The molecule has 0 radical (unpaired) electrons. The van der Waals surface area contributed by atoms with Crippen LogP contribution in [0.3, 0.4) is 0 Å². The van der Waals surface area contributed by atoms with Crippen LogP contribution in [0.15, 0.2) is 0 Å². The van der Waals surface area contributed by atoms with E-state index in [1.807, 2.05) is 0 Å². The molecule has 2 rings (SSSR count). The summed E-state index contributed by atoms with van der Waals surface area (Å²) < 4.78 is 11.8. The number of hydrogen-bond acceptors (Lipinski definition) is 1. The lowest BCUT2D eigenvalue weighted by atomic mass is 9.88. The van der Waals surface area contributed by atoms with Crippen molar-refractivity contribution in [1.29, 1.82) is 0 Å². The highest BCUT2D eigenvalue weighted by atomic mass is 32.2. The molecule has 2 aliphatic heterocycles. The van der Waals surface area contributed by atoms with Gasteiger partial charge >= 0.3 is 0 Å². The zero-order chi connectivity index (χ0) is 9.26. The van der Waals surface area contributed by atoms with E-state index in [0.717, 1.165) is 19.3 Å². The SMILES string of the molecule is C#CCC1CC2CCCC(C1)S2=O. The Hall–Kier alpha value is -0.290. The van der Waals surface area contributed by atoms with Crippen molar-refractivity contribution < 1.29 is 4.21 Å². The van der Waals surface area contributed by atoms with Gasteiger partial charge in [0.1, 0.15) is 0 Å². The van der Waals surface area contributed by atoms with E-state index in [0.29, 0.717) is 16.4 Å². The largest absolute Gasteiger partial charge is 0.259 e. The maximum absolute atomic E-state index is 11.8. The Morgan fingerprint density at radius 2 is 1.92 bits per heavy atom. The predicted octanol–water partition coefficient (Wildman–Crippen LogP) is 2.09. The van der Waals surface area contributed by atoms with E-state index < -0.39 is 10.8 Å². The van der Waals surface area contributed by atoms with Crippen molar-refractivity contribution in [1.82, 2.24) is 0 Å². The first-order valence-electron chi connectivity index (χ1n) is 5.14. The van der Waals surface area contributed by atoms with Gasteiger partial charge in [0.25, 0.3) is 0 Å². The van der Waals surface area contributed by atoms with E-state index >= 15 is 0 Å². The van der Waals surface area contributed by atoms with E-state index in [-0.39, 0.29) is 0 Å². The highest BCUT2D eigenvalue weighted by Gasteiger charge is 2.37. The standard InChI is InChI=1S/C11H16OS/c1-2-4-9-7-10-5-3-6-11(8-9)13(10)12/h1,9-11H,3-8H2. The quantitative estimate of drug-likeness (QED) is 0.587. The molecule has 72 valence electrons. The monoisotopic (exact) mass is 196 g/mol. The third-order valence-corrected chi connectivity index (χ3v) is 5.48. The first kappa shape index (κ1) is 9.27. The summed E-state index contributed by atoms with van der Waals surface area (Å²) in [7, 11) is -0.529. The van der Waals surface area contributed by atoms with Crippen molar-refractivity contribution in [2.75, 3.05) is 0 Å². The zero-order valence-corrected chi connectivity index (χ0v) is 8.69. The normalized spacial score (nSPS) is 43.9. The smallest absolute Gasteiger partial charge is 0.0353 e. The molecule has 0 N–H and O–H groups in total. The number of fused-ring (bicyclic) bond motifs is 2. The minimum Gasteiger partial charge on any atom is -0.259 e. The number of hydrogen-bond donors (Lipinski definition) is 0. The Morgan fingerprint density at radius 1 is 1.31 bits per heavy atom. The molecule has 2 fully saturated rings. The molecule has 0 spiro atoms. The lowest BCUT2D eigenvalue weighted by Gasteiger charge is -2.37. The van der Waals surface area contributed by atoms with Gasteiger partial charge in [0, 0.05) is 27.7 Å². The Bertz CT molecular complexity index is 237. The van der Waals surface area contributed by atoms with E-state index in [2.05, 4.69) is 5.92 Å². The van der Waals surface area contributed by atoms with Crippen molar-refractivity contribution in [3.8, 4) is 12.3 Å². The van der Waals surface area contributed by atoms with E-state index in [1.165, 1.54) is 19.3 Å². The van der Waals surface area contributed by atoms with Crippen LogP contribution in [0.25, 0.3) is 0 Å². The molecule has 2 heterocycles. The van der Waals surface area contributed by atoms with Crippen LogP contribution in [-0.2, 0) is 10.8 Å². The highest BCUT2D eigenvalue weighted by molar-refractivity contribution is 7.86. The Labute approximate surface area is 82.8 Å². The summed E-state index contributed by atoms with van der Waals surface area (Å²) in [4.78, 5) is 0. The first-order chi connectivity index (χ1) is 6.31. The van der Waals surface area contributed by atoms with E-state index in [9.17, 15) is 4.21 Å². The van der Waals surface area contributed by atoms with Crippen LogP contribution in [0.5, 0.6) is 0 Å². The summed E-state index contributed by atoms with van der Waals surface area (Å²) in [5, 5.41) is 0.955. The molecule has 0 saturated carbocycles. The van der Waals surface area contributed by atoms with Gasteiger partial charge in [0.2, 0.25) is 0 Å². The fourth-order valence-electron chi connectivity index (χ4n) is 2.68. The third kappa shape index (κ3) is 1.81. The van der Waals surface area contributed by atoms with Gasteiger partial charge < -0.3 is 0 Å². The minimum absolute atomic E-state index is 0.478. The summed E-state index contributed by atoms with van der Waals surface area (Å²) in [6, 6.07) is 0. The lowest BCUT2D eigenvalue weighted by Crippen LogP contribution is -2.39. The second kappa shape index (κ2) is 3.84. The average molecular weight is 196 g/mol. The van der Waals surface area contributed by atoms with Gasteiger partial charge in [-0.15, -0.1) is 12.3 Å². The fraction of sp³-hybridized carbons (Fsp3) is 0.818. The van der Waals surface area contributed by atoms with Gasteiger partial charge in [0.15, 0.2) is 0 Å². The third-order valence-electron chi connectivity index (χ3n) is 3.31. The molecule has 2 heteroatoms. The number of terminal acetylenes is 1. The lowest BCUT2D eigenvalue weighted by molar-refractivity contribution is 0.363. The van der Waals surface area contributed by atoms with Crippen LogP contribution >= 0.6 is 0 Å². The molecule has 2 unspecified atom stereocenters. The van der Waals surface area contributed by atoms with Crippen LogP contribution in [0.4, 0.5) is 0 Å². The summed E-state index contributed by atoms with van der Waals surface area (Å²) in [6.45, 7) is 0. The van der Waals surface area contributed by atoms with Gasteiger partial charge in [-0.3, -0.25) is 4.21 Å². The minimum atomic E-state index is -0.529. The summed E-state index contributed by atoms with van der Waals surface area (Å²) in [5.74, 6) is 3.41. The molecule has 0 aliphatic carbocycles. The zero-order valence-electron chi connectivity index (χ0n) is 7.87. The Morgan fingerprint density at radius 3 is 2.46 bits per heavy atom. The van der Waals surface area contributed by atoms with Gasteiger partial charge in [-0.1, -0.05) is 6.42 Å². The van der Waals surface area contributed by atoms with Crippen LogP contribution < -0.4 is 0 Å². The molecular formula is C11H16OS. The molecule has 0 aromatic rings. The van der Waals surface area contributed by atoms with Crippen LogP contribution in [0.1, 0.15) is 38.5 Å². The van der Waals surface area contributed by atoms with Crippen molar-refractivity contribution in [3.63, 3.8) is 0 Å². The summed E-state index contributed by atoms with van der Waals surface area (Å²) in [6.07, 6.45) is 12.1. The molecule has 13 heavy (non-hydrogen) atoms. The maximum Gasteiger partial charge on any atom is 0.0353 e. The molecule has 0 amide bonds. The maximum atomic E-state index is 11.8. The van der Waals surface area contributed by atoms with E-state index in [4.69, 9.17) is 6.42 Å². The van der Waals surface area contributed by atoms with Crippen molar-refractivity contribution in [2.24, 2.45) is 5.92 Å². The first-order valence-corrected chi connectivity index (χ1v) is 6.41. The van der Waals surface area contributed by atoms with Gasteiger partial charge in [-0.25, -0.2) is 0 Å². The fourth-order valence-corrected chi connectivity index (χ4v) is 4.94. The predicted molar refractivity (Wildman–Crippen MR) is 55.7 cm³/mol. The molecule has 0 aromatic heterocycles. The molecule has 2 bridgehead atoms. The second-order valence-electron chi connectivity index (χ2n) is 4.25.